The van der Waals surface area contributed by atoms with Gasteiger partial charge in [0.05, 0.1) is 0 Å². The van der Waals surface area contributed by atoms with Crippen molar-refractivity contribution < 1.29 is 0 Å². The van der Waals surface area contributed by atoms with Crippen molar-refractivity contribution >= 4 is 0 Å². The van der Waals surface area contributed by atoms with Crippen molar-refractivity contribution in [3.05, 3.63) is 32.6 Å². The zero-order chi connectivity index (χ0) is 9.84. The molecule has 2 N–H and O–H groups in total. The lowest BCUT2D eigenvalue weighted by atomic mass is 9.99. The highest BCUT2D eigenvalue weighted by Gasteiger charge is 2.08. The summed E-state index contributed by atoms with van der Waals surface area (Å²) >= 11 is 0. The highest BCUT2D eigenvalue weighted by molar-refractivity contribution is 5.08. The molecule has 0 fully saturated rings. The third-order valence-corrected chi connectivity index (χ3v) is 2.10. The summed E-state index contributed by atoms with van der Waals surface area (Å²) in [4.78, 5) is 26.7. The molecule has 0 saturated carbocycles. The third kappa shape index (κ3) is 2.31. The number of aromatic amines is 2. The summed E-state index contributed by atoms with van der Waals surface area (Å²) in [5.41, 5.74) is -0.0661. The van der Waals surface area contributed by atoms with Crippen molar-refractivity contribution in [2.24, 2.45) is 0 Å². The first-order valence-corrected chi connectivity index (χ1v) is 4.47. The Kier molecular flexibility index (Phi) is 3.06. The van der Waals surface area contributed by atoms with Crippen molar-refractivity contribution in [1.29, 1.82) is 0 Å². The Bertz CT molecular complexity index is 378. The van der Waals surface area contributed by atoms with Crippen LogP contribution in [0.15, 0.2) is 15.8 Å². The fourth-order valence-corrected chi connectivity index (χ4v) is 1.37. The van der Waals surface area contributed by atoms with E-state index in [9.17, 15) is 9.59 Å². The van der Waals surface area contributed by atoms with E-state index in [0.29, 0.717) is 5.56 Å². The minimum Gasteiger partial charge on any atom is -0.314 e. The molecular weight excluding hydrogens is 168 g/mol. The van der Waals surface area contributed by atoms with Crippen LogP contribution >= 0.6 is 0 Å². The minimum atomic E-state index is -0.447. The van der Waals surface area contributed by atoms with Crippen molar-refractivity contribution in [1.82, 2.24) is 9.97 Å². The molecule has 1 unspecified atom stereocenters. The Balaban J connectivity index is 3.02. The summed E-state index contributed by atoms with van der Waals surface area (Å²) in [5, 5.41) is 0. The van der Waals surface area contributed by atoms with Gasteiger partial charge in [-0.1, -0.05) is 20.3 Å². The van der Waals surface area contributed by atoms with Gasteiger partial charge in [0.2, 0.25) is 0 Å². The molecule has 1 aromatic heterocycles. The van der Waals surface area contributed by atoms with Gasteiger partial charge in [0.15, 0.2) is 0 Å². The van der Waals surface area contributed by atoms with Crippen LogP contribution < -0.4 is 11.2 Å². The first kappa shape index (κ1) is 9.77. The lowest BCUT2D eigenvalue weighted by Gasteiger charge is -2.07. The normalized spacial score (nSPS) is 12.8. The first-order chi connectivity index (χ1) is 6.15. The van der Waals surface area contributed by atoms with Crippen LogP contribution in [0.3, 0.4) is 0 Å². The Morgan fingerprint density at radius 2 is 2.15 bits per heavy atom. The molecule has 13 heavy (non-hydrogen) atoms. The summed E-state index contributed by atoms with van der Waals surface area (Å²) in [5.74, 6) is 0.200. The highest BCUT2D eigenvalue weighted by Crippen LogP contribution is 2.14. The summed E-state index contributed by atoms with van der Waals surface area (Å²) < 4.78 is 0. The topological polar surface area (TPSA) is 65.7 Å². The lowest BCUT2D eigenvalue weighted by Crippen LogP contribution is -2.25. The Morgan fingerprint density at radius 3 is 2.69 bits per heavy atom. The van der Waals surface area contributed by atoms with E-state index < -0.39 is 5.69 Å². The van der Waals surface area contributed by atoms with E-state index >= 15 is 0 Å². The molecule has 1 aromatic rings. The molecule has 0 spiro atoms. The van der Waals surface area contributed by atoms with Gasteiger partial charge in [0.1, 0.15) is 0 Å². The molecule has 1 rings (SSSR count). The molecule has 1 heterocycles. The van der Waals surface area contributed by atoms with Crippen LogP contribution in [0.1, 0.15) is 38.2 Å². The monoisotopic (exact) mass is 182 g/mol. The Labute approximate surface area is 76.0 Å². The molecule has 1 atom stereocenters. The van der Waals surface area contributed by atoms with Gasteiger partial charge in [0, 0.05) is 11.8 Å². The van der Waals surface area contributed by atoms with E-state index in [2.05, 4.69) is 16.9 Å². The molecule has 0 aliphatic carbocycles. The highest BCUT2D eigenvalue weighted by atomic mass is 16.2. The van der Waals surface area contributed by atoms with Crippen LogP contribution in [-0.4, -0.2) is 9.97 Å². The van der Waals surface area contributed by atoms with Crippen molar-refractivity contribution in [3.8, 4) is 0 Å². The number of hydrogen-bond acceptors (Lipinski definition) is 2. The number of aromatic nitrogens is 2. The maximum atomic E-state index is 11.3. The standard InChI is InChI=1S/C9H14N2O2/c1-3-4-6(2)7-5-10-9(13)11-8(7)12/h5-6H,3-4H2,1-2H3,(H2,10,11,12,13). The van der Waals surface area contributed by atoms with Crippen LogP contribution in [0.5, 0.6) is 0 Å². The van der Waals surface area contributed by atoms with Crippen LogP contribution in [0.4, 0.5) is 0 Å². The van der Waals surface area contributed by atoms with Gasteiger partial charge in [-0.2, -0.15) is 0 Å². The summed E-state index contributed by atoms with van der Waals surface area (Å²) in [6, 6.07) is 0. The van der Waals surface area contributed by atoms with Gasteiger partial charge in [-0.15, -0.1) is 0 Å². The molecule has 0 aliphatic rings. The molecule has 4 heteroatoms. The number of H-pyrrole nitrogens is 2. The summed E-state index contributed by atoms with van der Waals surface area (Å²) in [7, 11) is 0. The van der Waals surface area contributed by atoms with Gasteiger partial charge in [-0.25, -0.2) is 4.79 Å². The van der Waals surface area contributed by atoms with E-state index in [1.54, 1.807) is 0 Å². The molecular formula is C9H14N2O2. The van der Waals surface area contributed by atoms with Crippen LogP contribution in [-0.2, 0) is 0 Å². The van der Waals surface area contributed by atoms with E-state index in [4.69, 9.17) is 0 Å². The van der Waals surface area contributed by atoms with Gasteiger partial charge in [-0.3, -0.25) is 9.78 Å². The van der Waals surface area contributed by atoms with Gasteiger partial charge < -0.3 is 4.98 Å². The molecule has 72 valence electrons. The van der Waals surface area contributed by atoms with Crippen molar-refractivity contribution in [3.63, 3.8) is 0 Å². The molecule has 0 radical (unpaired) electrons. The molecule has 0 amide bonds. The number of nitrogens with one attached hydrogen (secondary N) is 2. The summed E-state index contributed by atoms with van der Waals surface area (Å²) in [6.45, 7) is 4.04. The average molecular weight is 182 g/mol. The predicted octanol–water partition coefficient (Wildman–Crippen LogP) is 0.967. The number of hydrogen-bond donors (Lipinski definition) is 2. The van der Waals surface area contributed by atoms with Gasteiger partial charge in [0.25, 0.3) is 5.56 Å². The second-order valence-corrected chi connectivity index (χ2v) is 3.22. The van der Waals surface area contributed by atoms with E-state index in [1.165, 1.54) is 6.20 Å². The first-order valence-electron chi connectivity index (χ1n) is 4.47. The molecule has 0 aliphatic heterocycles. The summed E-state index contributed by atoms with van der Waals surface area (Å²) in [6.07, 6.45) is 3.48. The van der Waals surface area contributed by atoms with Gasteiger partial charge in [-0.05, 0) is 12.3 Å². The largest absolute Gasteiger partial charge is 0.325 e. The van der Waals surface area contributed by atoms with Gasteiger partial charge >= 0.3 is 5.69 Å². The zero-order valence-electron chi connectivity index (χ0n) is 7.89. The average Bonchev–Trinajstić information content (AvgIpc) is 2.04. The molecule has 0 bridgehead atoms. The van der Waals surface area contributed by atoms with Crippen molar-refractivity contribution in [2.45, 2.75) is 32.6 Å². The van der Waals surface area contributed by atoms with Crippen LogP contribution in [0, 0.1) is 0 Å². The predicted molar refractivity (Wildman–Crippen MR) is 51.0 cm³/mol. The Morgan fingerprint density at radius 1 is 1.46 bits per heavy atom. The van der Waals surface area contributed by atoms with E-state index in [-0.39, 0.29) is 11.5 Å². The Hall–Kier alpha value is -1.32. The van der Waals surface area contributed by atoms with Crippen LogP contribution in [0.25, 0.3) is 0 Å². The molecule has 4 nitrogen and oxygen atoms in total. The van der Waals surface area contributed by atoms with E-state index in [1.807, 2.05) is 6.92 Å². The maximum absolute atomic E-state index is 11.3. The molecule has 0 aromatic carbocycles. The fourth-order valence-electron chi connectivity index (χ4n) is 1.37. The molecule has 0 saturated heterocycles. The fraction of sp³-hybridized carbons (Fsp3) is 0.556. The van der Waals surface area contributed by atoms with E-state index in [0.717, 1.165) is 12.8 Å². The maximum Gasteiger partial charge on any atom is 0.325 e. The number of rotatable bonds is 3. The third-order valence-electron chi connectivity index (χ3n) is 2.10. The second-order valence-electron chi connectivity index (χ2n) is 3.22. The SMILES string of the molecule is CCCC(C)c1c[nH]c(=O)[nH]c1=O. The quantitative estimate of drug-likeness (QED) is 0.731. The minimum absolute atomic E-state index is 0.200. The lowest BCUT2D eigenvalue weighted by molar-refractivity contribution is 0.652. The van der Waals surface area contributed by atoms with Crippen molar-refractivity contribution in [2.75, 3.05) is 0 Å². The smallest absolute Gasteiger partial charge is 0.314 e. The zero-order valence-corrected chi connectivity index (χ0v) is 7.89. The second kappa shape index (κ2) is 4.07. The van der Waals surface area contributed by atoms with Crippen LogP contribution in [0.2, 0.25) is 0 Å².